The number of methoxy groups -OCH3 is 1. The molecule has 0 aliphatic rings. The SMILES string of the molecule is COC(C)C(=O)NC(C)CC(=O)c1ccco1. The van der Waals surface area contributed by atoms with Crippen LogP contribution in [0.3, 0.4) is 0 Å². The number of furan rings is 1. The molecule has 0 bridgehead atoms. The summed E-state index contributed by atoms with van der Waals surface area (Å²) in [7, 11) is 1.46. The highest BCUT2D eigenvalue weighted by molar-refractivity contribution is 5.94. The second-order valence-electron chi connectivity index (χ2n) is 3.89. The summed E-state index contributed by atoms with van der Waals surface area (Å²) in [4.78, 5) is 23.1. The zero-order chi connectivity index (χ0) is 12.8. The molecule has 2 atom stereocenters. The number of carbonyl (C=O) groups excluding carboxylic acids is 2. The number of hydrogen-bond donors (Lipinski definition) is 1. The summed E-state index contributed by atoms with van der Waals surface area (Å²) in [5.74, 6) is -0.0500. The van der Waals surface area contributed by atoms with E-state index >= 15 is 0 Å². The minimum Gasteiger partial charge on any atom is -0.461 e. The molecular formula is C12H17NO4. The van der Waals surface area contributed by atoms with E-state index in [2.05, 4.69) is 5.32 Å². The lowest BCUT2D eigenvalue weighted by Gasteiger charge is -2.15. The van der Waals surface area contributed by atoms with Crippen molar-refractivity contribution in [3.8, 4) is 0 Å². The molecule has 0 saturated carbocycles. The first-order valence-electron chi connectivity index (χ1n) is 5.44. The van der Waals surface area contributed by atoms with Gasteiger partial charge in [-0.25, -0.2) is 0 Å². The molecule has 0 aliphatic heterocycles. The molecule has 1 aromatic heterocycles. The van der Waals surface area contributed by atoms with Crippen LogP contribution in [0.5, 0.6) is 0 Å². The third-order valence-electron chi connectivity index (χ3n) is 2.40. The predicted octanol–water partition coefficient (Wildman–Crippen LogP) is 1.39. The van der Waals surface area contributed by atoms with Crippen molar-refractivity contribution in [3.63, 3.8) is 0 Å². The van der Waals surface area contributed by atoms with E-state index in [1.807, 2.05) is 0 Å². The van der Waals surface area contributed by atoms with Crippen LogP contribution in [-0.2, 0) is 9.53 Å². The minimum atomic E-state index is -0.517. The van der Waals surface area contributed by atoms with Crippen LogP contribution in [0.4, 0.5) is 0 Å². The molecule has 5 heteroatoms. The van der Waals surface area contributed by atoms with Gasteiger partial charge in [0, 0.05) is 19.6 Å². The lowest BCUT2D eigenvalue weighted by atomic mass is 10.1. The zero-order valence-electron chi connectivity index (χ0n) is 10.2. The van der Waals surface area contributed by atoms with Crippen LogP contribution in [-0.4, -0.2) is 30.9 Å². The fraction of sp³-hybridized carbons (Fsp3) is 0.500. The number of ether oxygens (including phenoxy) is 1. The summed E-state index contributed by atoms with van der Waals surface area (Å²) in [6.07, 6.45) is 1.13. The summed E-state index contributed by atoms with van der Waals surface area (Å²) in [6.45, 7) is 3.41. The molecule has 2 unspecified atom stereocenters. The maximum absolute atomic E-state index is 11.7. The third-order valence-corrected chi connectivity index (χ3v) is 2.40. The van der Waals surface area contributed by atoms with Gasteiger partial charge in [-0.05, 0) is 26.0 Å². The van der Waals surface area contributed by atoms with Crippen molar-refractivity contribution < 1.29 is 18.7 Å². The van der Waals surface area contributed by atoms with Crippen molar-refractivity contribution in [1.29, 1.82) is 0 Å². The van der Waals surface area contributed by atoms with Gasteiger partial charge in [-0.15, -0.1) is 0 Å². The Labute approximate surface area is 100 Å². The predicted molar refractivity (Wildman–Crippen MR) is 61.7 cm³/mol. The zero-order valence-corrected chi connectivity index (χ0v) is 10.2. The van der Waals surface area contributed by atoms with E-state index < -0.39 is 6.10 Å². The van der Waals surface area contributed by atoms with Gasteiger partial charge in [0.2, 0.25) is 5.91 Å². The van der Waals surface area contributed by atoms with Crippen LogP contribution < -0.4 is 5.32 Å². The Hall–Kier alpha value is -1.62. The number of Topliss-reactive ketones (excluding diaryl/α,β-unsaturated/α-hetero) is 1. The van der Waals surface area contributed by atoms with Gasteiger partial charge < -0.3 is 14.5 Å². The third kappa shape index (κ3) is 4.03. The monoisotopic (exact) mass is 239 g/mol. The van der Waals surface area contributed by atoms with Crippen molar-refractivity contribution in [1.82, 2.24) is 5.32 Å². The lowest BCUT2D eigenvalue weighted by Crippen LogP contribution is -2.40. The Kier molecular flexibility index (Phi) is 4.90. The summed E-state index contributed by atoms with van der Waals surface area (Å²) in [5, 5.41) is 2.70. The van der Waals surface area contributed by atoms with E-state index in [1.54, 1.807) is 26.0 Å². The molecule has 0 aliphatic carbocycles. The Bertz CT molecular complexity index is 372. The first-order chi connectivity index (χ1) is 8.04. The second-order valence-corrected chi connectivity index (χ2v) is 3.89. The summed E-state index contributed by atoms with van der Waals surface area (Å²) in [6, 6.07) is 3.01. The van der Waals surface area contributed by atoms with Crippen molar-refractivity contribution in [2.24, 2.45) is 0 Å². The van der Waals surface area contributed by atoms with Crippen molar-refractivity contribution >= 4 is 11.7 Å². The van der Waals surface area contributed by atoms with E-state index in [4.69, 9.17) is 9.15 Å². The molecule has 1 rings (SSSR count). The van der Waals surface area contributed by atoms with Gasteiger partial charge in [-0.3, -0.25) is 9.59 Å². The summed E-state index contributed by atoms with van der Waals surface area (Å²) < 4.78 is 9.86. The first kappa shape index (κ1) is 13.4. The minimum absolute atomic E-state index is 0.132. The fourth-order valence-electron chi connectivity index (χ4n) is 1.33. The smallest absolute Gasteiger partial charge is 0.249 e. The standard InChI is InChI=1S/C12H17NO4/c1-8(13-12(15)9(2)16-3)7-10(14)11-5-4-6-17-11/h4-6,8-9H,7H2,1-3H3,(H,13,15). The number of carbonyl (C=O) groups is 2. The van der Waals surface area contributed by atoms with E-state index in [0.29, 0.717) is 5.76 Å². The van der Waals surface area contributed by atoms with Crippen LogP contribution in [0.15, 0.2) is 22.8 Å². The second kappa shape index (κ2) is 6.20. The molecule has 1 aromatic rings. The van der Waals surface area contributed by atoms with Crippen molar-refractivity contribution in [2.75, 3.05) is 7.11 Å². The quantitative estimate of drug-likeness (QED) is 0.762. The maximum atomic E-state index is 11.7. The molecule has 17 heavy (non-hydrogen) atoms. The van der Waals surface area contributed by atoms with Gasteiger partial charge in [0.25, 0.3) is 0 Å². The van der Waals surface area contributed by atoms with Gasteiger partial charge in [-0.2, -0.15) is 0 Å². The average Bonchev–Trinajstić information content (AvgIpc) is 2.80. The topological polar surface area (TPSA) is 68.5 Å². The van der Waals surface area contributed by atoms with Gasteiger partial charge in [0.05, 0.1) is 6.26 Å². The molecule has 0 radical (unpaired) electrons. The number of rotatable bonds is 6. The summed E-state index contributed by atoms with van der Waals surface area (Å²) in [5.41, 5.74) is 0. The van der Waals surface area contributed by atoms with Crippen LogP contribution in [0.2, 0.25) is 0 Å². The van der Waals surface area contributed by atoms with Crippen LogP contribution in [0, 0.1) is 0 Å². The molecule has 0 spiro atoms. The number of amides is 1. The molecule has 1 heterocycles. The highest BCUT2D eigenvalue weighted by Gasteiger charge is 2.18. The molecule has 0 saturated heterocycles. The lowest BCUT2D eigenvalue weighted by molar-refractivity contribution is -0.130. The van der Waals surface area contributed by atoms with E-state index in [1.165, 1.54) is 13.4 Å². The molecule has 0 aromatic carbocycles. The largest absolute Gasteiger partial charge is 0.461 e. The van der Waals surface area contributed by atoms with Crippen LogP contribution >= 0.6 is 0 Å². The van der Waals surface area contributed by atoms with Crippen LogP contribution in [0.25, 0.3) is 0 Å². The number of ketones is 1. The maximum Gasteiger partial charge on any atom is 0.249 e. The van der Waals surface area contributed by atoms with E-state index in [9.17, 15) is 9.59 Å². The van der Waals surface area contributed by atoms with Gasteiger partial charge in [0.15, 0.2) is 11.5 Å². The van der Waals surface area contributed by atoms with Gasteiger partial charge >= 0.3 is 0 Å². The Morgan fingerprint density at radius 3 is 2.71 bits per heavy atom. The Balaban J connectivity index is 2.42. The normalized spacial score (nSPS) is 14.1. The molecule has 1 N–H and O–H groups in total. The molecular weight excluding hydrogens is 222 g/mol. The highest BCUT2D eigenvalue weighted by Crippen LogP contribution is 2.06. The molecule has 94 valence electrons. The molecule has 0 fully saturated rings. The Morgan fingerprint density at radius 2 is 2.18 bits per heavy atom. The summed E-state index contributed by atoms with van der Waals surface area (Å²) >= 11 is 0. The van der Waals surface area contributed by atoms with Gasteiger partial charge in [0.1, 0.15) is 6.10 Å². The van der Waals surface area contributed by atoms with E-state index in [-0.39, 0.29) is 24.2 Å². The van der Waals surface area contributed by atoms with Gasteiger partial charge in [-0.1, -0.05) is 0 Å². The number of nitrogens with one attached hydrogen (secondary N) is 1. The first-order valence-corrected chi connectivity index (χ1v) is 5.44. The number of hydrogen-bond acceptors (Lipinski definition) is 4. The van der Waals surface area contributed by atoms with Crippen LogP contribution in [0.1, 0.15) is 30.8 Å². The Morgan fingerprint density at radius 1 is 1.47 bits per heavy atom. The van der Waals surface area contributed by atoms with E-state index in [0.717, 1.165) is 0 Å². The molecule has 1 amide bonds. The average molecular weight is 239 g/mol. The van der Waals surface area contributed by atoms with Crippen molar-refractivity contribution in [3.05, 3.63) is 24.2 Å². The molecule has 5 nitrogen and oxygen atoms in total. The fourth-order valence-corrected chi connectivity index (χ4v) is 1.33. The van der Waals surface area contributed by atoms with Crippen molar-refractivity contribution in [2.45, 2.75) is 32.4 Å². The highest BCUT2D eigenvalue weighted by atomic mass is 16.5.